The zero-order valence-corrected chi connectivity index (χ0v) is 10.5. The van der Waals surface area contributed by atoms with Gasteiger partial charge < -0.3 is 5.32 Å². The van der Waals surface area contributed by atoms with E-state index in [9.17, 15) is 9.18 Å². The van der Waals surface area contributed by atoms with Gasteiger partial charge in [-0.25, -0.2) is 4.98 Å². The number of hydrogen-bond donors (Lipinski definition) is 1. The summed E-state index contributed by atoms with van der Waals surface area (Å²) in [6.07, 6.45) is 0. The van der Waals surface area contributed by atoms with Crippen LogP contribution in [0.1, 0.15) is 10.4 Å². The summed E-state index contributed by atoms with van der Waals surface area (Å²) in [5, 5.41) is 3.09. The lowest BCUT2D eigenvalue weighted by Crippen LogP contribution is -2.13. The van der Waals surface area contributed by atoms with E-state index in [2.05, 4.69) is 10.3 Å². The second-order valence-electron chi connectivity index (χ2n) is 3.42. The first-order chi connectivity index (χ1) is 8.56. The van der Waals surface area contributed by atoms with Crippen molar-refractivity contribution in [2.75, 3.05) is 5.32 Å². The Kier molecular flexibility index (Phi) is 3.79. The van der Waals surface area contributed by atoms with Crippen LogP contribution in [-0.4, -0.2) is 10.9 Å². The summed E-state index contributed by atoms with van der Waals surface area (Å²) in [4.78, 5) is 15.4. The first-order valence-corrected chi connectivity index (χ1v) is 5.71. The molecule has 0 radical (unpaired) electrons. The summed E-state index contributed by atoms with van der Waals surface area (Å²) in [6.45, 7) is 0. The molecule has 1 aromatic heterocycles. The number of aromatic nitrogens is 1. The molecule has 0 aliphatic rings. The number of pyridine rings is 1. The zero-order chi connectivity index (χ0) is 13.1. The van der Waals surface area contributed by atoms with Gasteiger partial charge in [-0.2, -0.15) is 4.39 Å². The number of amides is 1. The Balaban J connectivity index is 2.22. The van der Waals surface area contributed by atoms with Crippen molar-refractivity contribution in [1.82, 2.24) is 4.98 Å². The number of hydrogen-bond acceptors (Lipinski definition) is 2. The molecular weight excluding hydrogens is 278 g/mol. The van der Waals surface area contributed by atoms with E-state index in [1.807, 2.05) is 0 Å². The minimum Gasteiger partial charge on any atom is -0.306 e. The maximum absolute atomic E-state index is 12.8. The fourth-order valence-electron chi connectivity index (χ4n) is 1.34. The van der Waals surface area contributed by atoms with Gasteiger partial charge in [-0.15, -0.1) is 0 Å². The van der Waals surface area contributed by atoms with Crippen molar-refractivity contribution >= 4 is 34.9 Å². The van der Waals surface area contributed by atoms with Crippen LogP contribution in [0.3, 0.4) is 0 Å². The van der Waals surface area contributed by atoms with Gasteiger partial charge >= 0.3 is 0 Å². The van der Waals surface area contributed by atoms with Gasteiger partial charge in [-0.3, -0.25) is 4.79 Å². The van der Waals surface area contributed by atoms with Crippen molar-refractivity contribution in [2.24, 2.45) is 0 Å². The molecule has 3 nitrogen and oxygen atoms in total. The molecule has 0 saturated heterocycles. The lowest BCUT2D eigenvalue weighted by Gasteiger charge is -2.06. The molecule has 0 fully saturated rings. The third kappa shape index (κ3) is 2.97. The highest BCUT2D eigenvalue weighted by atomic mass is 35.5. The highest BCUT2D eigenvalue weighted by Crippen LogP contribution is 2.21. The molecule has 1 heterocycles. The van der Waals surface area contributed by atoms with Crippen LogP contribution in [0.4, 0.5) is 10.2 Å². The molecule has 0 saturated carbocycles. The maximum Gasteiger partial charge on any atom is 0.258 e. The normalized spacial score (nSPS) is 10.2. The zero-order valence-electron chi connectivity index (χ0n) is 8.95. The second kappa shape index (κ2) is 5.33. The highest BCUT2D eigenvalue weighted by molar-refractivity contribution is 6.37. The first kappa shape index (κ1) is 12.8. The van der Waals surface area contributed by atoms with Gasteiger partial charge in [0.2, 0.25) is 5.95 Å². The molecule has 0 aliphatic carbocycles. The molecular formula is C12H7Cl2FN2O. The summed E-state index contributed by atoms with van der Waals surface area (Å²) < 4.78 is 12.8. The van der Waals surface area contributed by atoms with E-state index in [0.717, 1.165) is 0 Å². The SMILES string of the molecule is O=C(Nc1cccc(F)n1)c1ccc(Cl)cc1Cl. The number of halogens is 3. The Bertz CT molecular complexity index is 604. The van der Waals surface area contributed by atoms with E-state index >= 15 is 0 Å². The van der Waals surface area contributed by atoms with Crippen molar-refractivity contribution in [2.45, 2.75) is 0 Å². The largest absolute Gasteiger partial charge is 0.306 e. The number of rotatable bonds is 2. The van der Waals surface area contributed by atoms with Gasteiger partial charge in [0, 0.05) is 5.02 Å². The highest BCUT2D eigenvalue weighted by Gasteiger charge is 2.11. The first-order valence-electron chi connectivity index (χ1n) is 4.95. The average molecular weight is 285 g/mol. The summed E-state index contributed by atoms with van der Waals surface area (Å²) in [5.41, 5.74) is 0.243. The molecule has 92 valence electrons. The van der Waals surface area contributed by atoms with Crippen LogP contribution in [0.15, 0.2) is 36.4 Å². The monoisotopic (exact) mass is 284 g/mol. The summed E-state index contributed by atoms with van der Waals surface area (Å²) >= 11 is 11.6. The van der Waals surface area contributed by atoms with E-state index in [-0.39, 0.29) is 16.4 Å². The molecule has 0 bridgehead atoms. The third-order valence-electron chi connectivity index (χ3n) is 2.13. The quantitative estimate of drug-likeness (QED) is 0.853. The molecule has 18 heavy (non-hydrogen) atoms. The Morgan fingerprint density at radius 2 is 2.00 bits per heavy atom. The summed E-state index contributed by atoms with van der Waals surface area (Å²) in [5.74, 6) is -1.03. The van der Waals surface area contributed by atoms with Crippen molar-refractivity contribution in [3.05, 3.63) is 58.0 Å². The number of carbonyl (C=O) groups is 1. The predicted octanol–water partition coefficient (Wildman–Crippen LogP) is 3.78. The number of carbonyl (C=O) groups excluding carboxylic acids is 1. The Labute approximate surface area is 113 Å². The van der Waals surface area contributed by atoms with Crippen molar-refractivity contribution in [3.8, 4) is 0 Å². The standard InChI is InChI=1S/C12H7Cl2FN2O/c13-7-4-5-8(9(14)6-7)12(18)17-11-3-1-2-10(15)16-11/h1-6H,(H,16,17,18). The molecule has 2 rings (SSSR count). The van der Waals surface area contributed by atoms with E-state index in [1.165, 1.54) is 30.3 Å². The molecule has 2 aromatic rings. The van der Waals surface area contributed by atoms with Crippen molar-refractivity contribution in [1.29, 1.82) is 0 Å². The Hall–Kier alpha value is -1.65. The number of benzene rings is 1. The molecule has 1 aromatic carbocycles. The minimum absolute atomic E-state index is 0.117. The third-order valence-corrected chi connectivity index (χ3v) is 2.68. The van der Waals surface area contributed by atoms with E-state index in [4.69, 9.17) is 23.2 Å². The van der Waals surface area contributed by atoms with E-state index in [1.54, 1.807) is 6.07 Å². The lowest BCUT2D eigenvalue weighted by molar-refractivity contribution is 0.102. The van der Waals surface area contributed by atoms with Crippen LogP contribution >= 0.6 is 23.2 Å². The molecule has 1 N–H and O–H groups in total. The topological polar surface area (TPSA) is 42.0 Å². The number of nitrogens with one attached hydrogen (secondary N) is 1. The molecule has 1 amide bonds. The lowest BCUT2D eigenvalue weighted by atomic mass is 10.2. The smallest absolute Gasteiger partial charge is 0.258 e. The summed E-state index contributed by atoms with van der Waals surface area (Å²) in [6, 6.07) is 8.59. The summed E-state index contributed by atoms with van der Waals surface area (Å²) in [7, 11) is 0. The van der Waals surface area contributed by atoms with Crippen LogP contribution in [0.5, 0.6) is 0 Å². The van der Waals surface area contributed by atoms with Crippen molar-refractivity contribution < 1.29 is 9.18 Å². The fourth-order valence-corrected chi connectivity index (χ4v) is 1.83. The average Bonchev–Trinajstić information content (AvgIpc) is 2.28. The van der Waals surface area contributed by atoms with Crippen LogP contribution in [0.2, 0.25) is 10.0 Å². The molecule has 0 aliphatic heterocycles. The Morgan fingerprint density at radius 1 is 1.22 bits per heavy atom. The number of anilines is 1. The molecule has 6 heteroatoms. The van der Waals surface area contributed by atoms with Gasteiger partial charge in [-0.05, 0) is 30.3 Å². The maximum atomic E-state index is 12.8. The van der Waals surface area contributed by atoms with Crippen LogP contribution in [0.25, 0.3) is 0 Å². The second-order valence-corrected chi connectivity index (χ2v) is 4.27. The fraction of sp³-hybridized carbons (Fsp3) is 0. The van der Waals surface area contributed by atoms with E-state index in [0.29, 0.717) is 5.02 Å². The molecule has 0 atom stereocenters. The van der Waals surface area contributed by atoms with Gasteiger partial charge in [0.1, 0.15) is 5.82 Å². The minimum atomic E-state index is -0.671. The van der Waals surface area contributed by atoms with Crippen LogP contribution in [0, 0.1) is 5.95 Å². The predicted molar refractivity (Wildman–Crippen MR) is 68.6 cm³/mol. The van der Waals surface area contributed by atoms with Gasteiger partial charge in [0.05, 0.1) is 10.6 Å². The number of nitrogens with zero attached hydrogens (tertiary/aromatic N) is 1. The van der Waals surface area contributed by atoms with Gasteiger partial charge in [0.15, 0.2) is 0 Å². The van der Waals surface area contributed by atoms with Gasteiger partial charge in [0.25, 0.3) is 5.91 Å². The van der Waals surface area contributed by atoms with Crippen LogP contribution in [-0.2, 0) is 0 Å². The van der Waals surface area contributed by atoms with Gasteiger partial charge in [-0.1, -0.05) is 29.3 Å². The molecule has 0 spiro atoms. The molecule has 0 unspecified atom stereocenters. The Morgan fingerprint density at radius 3 is 2.67 bits per heavy atom. The van der Waals surface area contributed by atoms with Crippen LogP contribution < -0.4 is 5.32 Å². The van der Waals surface area contributed by atoms with E-state index < -0.39 is 11.9 Å². The van der Waals surface area contributed by atoms with Crippen molar-refractivity contribution in [3.63, 3.8) is 0 Å².